The summed E-state index contributed by atoms with van der Waals surface area (Å²) < 4.78 is 37.0. The first-order chi connectivity index (χ1) is 15.3. The molecule has 0 atom stereocenters. The summed E-state index contributed by atoms with van der Waals surface area (Å²) in [5.41, 5.74) is 1.44. The summed E-state index contributed by atoms with van der Waals surface area (Å²) in [5, 5.41) is 0. The zero-order valence-corrected chi connectivity index (χ0v) is 19.4. The van der Waals surface area contributed by atoms with Crippen LogP contribution in [0.5, 0.6) is 5.75 Å². The average Bonchev–Trinajstić information content (AvgIpc) is 3.09. The van der Waals surface area contributed by atoms with Gasteiger partial charge in [-0.05, 0) is 30.2 Å². The van der Waals surface area contributed by atoms with Gasteiger partial charge in [-0.3, -0.25) is 9.59 Å². The van der Waals surface area contributed by atoms with Crippen molar-refractivity contribution in [2.24, 2.45) is 4.99 Å². The molecule has 0 unspecified atom stereocenters. The largest absolute Gasteiger partial charge is 0.497 e. The second-order valence-electron chi connectivity index (χ2n) is 7.07. The maximum Gasteiger partial charge on any atom is 0.325 e. The van der Waals surface area contributed by atoms with Crippen LogP contribution in [0.25, 0.3) is 10.2 Å². The molecule has 0 aliphatic carbocycles. The second-order valence-corrected chi connectivity index (χ2v) is 10.3. The Hall–Kier alpha value is -2.98. The number of aromatic nitrogens is 1. The zero-order chi connectivity index (χ0) is 23.1. The minimum Gasteiger partial charge on any atom is -0.497 e. The van der Waals surface area contributed by atoms with Crippen LogP contribution in [0.2, 0.25) is 0 Å². The van der Waals surface area contributed by atoms with Gasteiger partial charge in [0.2, 0.25) is 5.91 Å². The number of fused-ring (bicyclic) bond motifs is 1. The van der Waals surface area contributed by atoms with Crippen molar-refractivity contribution in [2.45, 2.75) is 25.1 Å². The van der Waals surface area contributed by atoms with Crippen molar-refractivity contribution in [1.29, 1.82) is 0 Å². The number of methoxy groups -OCH3 is 2. The van der Waals surface area contributed by atoms with Gasteiger partial charge in [0.15, 0.2) is 14.6 Å². The van der Waals surface area contributed by atoms with E-state index in [0.29, 0.717) is 16.1 Å². The molecule has 0 saturated heterocycles. The van der Waals surface area contributed by atoms with Gasteiger partial charge in [0.05, 0.1) is 35.9 Å². The number of carbonyl (C=O) groups is 2. The number of sulfone groups is 1. The van der Waals surface area contributed by atoms with Crippen LogP contribution in [0.1, 0.15) is 18.4 Å². The first-order valence-corrected chi connectivity index (χ1v) is 12.5. The molecule has 0 aliphatic heterocycles. The number of rotatable bonds is 9. The van der Waals surface area contributed by atoms with Gasteiger partial charge in [-0.25, -0.2) is 8.42 Å². The highest BCUT2D eigenvalue weighted by Crippen LogP contribution is 2.23. The fourth-order valence-electron chi connectivity index (χ4n) is 3.12. The van der Waals surface area contributed by atoms with Crippen LogP contribution in [0.4, 0.5) is 0 Å². The quantitative estimate of drug-likeness (QED) is 0.440. The highest BCUT2D eigenvalue weighted by Gasteiger charge is 2.15. The van der Waals surface area contributed by atoms with E-state index in [0.717, 1.165) is 10.2 Å². The second kappa shape index (κ2) is 10.6. The van der Waals surface area contributed by atoms with Crippen molar-refractivity contribution >= 4 is 43.3 Å². The SMILES string of the molecule is COC(=O)Cn1c(=NC(=O)CCCS(=O)(=O)Cc2ccccc2)sc2cc(OC)ccc21. The molecule has 3 aromatic rings. The summed E-state index contributed by atoms with van der Waals surface area (Å²) in [5.74, 6) is -0.435. The first kappa shape index (κ1) is 23.7. The van der Waals surface area contributed by atoms with Gasteiger partial charge in [-0.1, -0.05) is 41.7 Å². The zero-order valence-electron chi connectivity index (χ0n) is 17.8. The summed E-state index contributed by atoms with van der Waals surface area (Å²) in [7, 11) is -0.487. The molecule has 0 N–H and O–H groups in total. The predicted molar refractivity (Wildman–Crippen MR) is 122 cm³/mol. The van der Waals surface area contributed by atoms with Crippen LogP contribution >= 0.6 is 11.3 Å². The Morgan fingerprint density at radius 2 is 1.84 bits per heavy atom. The molecule has 2 aromatic carbocycles. The number of esters is 1. The van der Waals surface area contributed by atoms with E-state index >= 15 is 0 Å². The van der Waals surface area contributed by atoms with Crippen LogP contribution in [-0.4, -0.2) is 44.8 Å². The number of nitrogens with zero attached hydrogens (tertiary/aromatic N) is 2. The molecule has 1 heterocycles. The topological polar surface area (TPSA) is 104 Å². The van der Waals surface area contributed by atoms with Crippen LogP contribution in [0.3, 0.4) is 0 Å². The van der Waals surface area contributed by atoms with Crippen LogP contribution in [0.15, 0.2) is 53.5 Å². The molecule has 0 aliphatic rings. The van der Waals surface area contributed by atoms with E-state index < -0.39 is 21.7 Å². The summed E-state index contributed by atoms with van der Waals surface area (Å²) in [4.78, 5) is 28.8. The van der Waals surface area contributed by atoms with Crippen molar-refractivity contribution < 1.29 is 27.5 Å². The number of thiazole rings is 1. The van der Waals surface area contributed by atoms with Crippen LogP contribution < -0.4 is 9.54 Å². The third-order valence-electron chi connectivity index (χ3n) is 4.70. The van der Waals surface area contributed by atoms with Crippen molar-refractivity contribution in [1.82, 2.24) is 4.57 Å². The molecule has 170 valence electrons. The van der Waals surface area contributed by atoms with Gasteiger partial charge < -0.3 is 14.0 Å². The monoisotopic (exact) mass is 476 g/mol. The van der Waals surface area contributed by atoms with E-state index in [2.05, 4.69) is 4.99 Å². The number of ether oxygens (including phenoxy) is 2. The normalized spacial score (nSPS) is 12.1. The Morgan fingerprint density at radius 3 is 2.53 bits per heavy atom. The van der Waals surface area contributed by atoms with E-state index in [1.54, 1.807) is 54.1 Å². The van der Waals surface area contributed by atoms with Crippen molar-refractivity contribution in [2.75, 3.05) is 20.0 Å². The predicted octanol–water partition coefficient (Wildman–Crippen LogP) is 2.71. The van der Waals surface area contributed by atoms with Gasteiger partial charge in [0, 0.05) is 6.42 Å². The van der Waals surface area contributed by atoms with E-state index in [4.69, 9.17) is 9.47 Å². The molecule has 8 nitrogen and oxygen atoms in total. The molecule has 0 bridgehead atoms. The van der Waals surface area contributed by atoms with Gasteiger partial charge in [-0.2, -0.15) is 4.99 Å². The molecular weight excluding hydrogens is 452 g/mol. The maximum absolute atomic E-state index is 12.5. The lowest BCUT2D eigenvalue weighted by molar-refractivity contribution is -0.141. The number of benzene rings is 2. The Bertz CT molecular complexity index is 1280. The molecule has 0 spiro atoms. The summed E-state index contributed by atoms with van der Waals surface area (Å²) in [6.07, 6.45) is 0.164. The Morgan fingerprint density at radius 1 is 1.09 bits per heavy atom. The third kappa shape index (κ3) is 6.27. The summed E-state index contributed by atoms with van der Waals surface area (Å²) in [6, 6.07) is 14.3. The van der Waals surface area contributed by atoms with E-state index in [1.807, 2.05) is 6.07 Å². The van der Waals surface area contributed by atoms with Gasteiger partial charge in [-0.15, -0.1) is 0 Å². The first-order valence-electron chi connectivity index (χ1n) is 9.87. The Balaban J connectivity index is 1.74. The van der Waals surface area contributed by atoms with Crippen molar-refractivity contribution in [3.63, 3.8) is 0 Å². The lowest BCUT2D eigenvalue weighted by Crippen LogP contribution is -2.22. The highest BCUT2D eigenvalue weighted by atomic mass is 32.2. The average molecular weight is 477 g/mol. The number of hydrogen-bond acceptors (Lipinski definition) is 7. The molecule has 0 fully saturated rings. The summed E-state index contributed by atoms with van der Waals surface area (Å²) >= 11 is 1.24. The van der Waals surface area contributed by atoms with Gasteiger partial charge in [0.1, 0.15) is 12.3 Å². The Labute approximate surface area is 190 Å². The van der Waals surface area contributed by atoms with Crippen molar-refractivity contribution in [3.8, 4) is 5.75 Å². The maximum atomic E-state index is 12.5. The fraction of sp³-hybridized carbons (Fsp3) is 0.318. The van der Waals surface area contributed by atoms with E-state index in [1.165, 1.54) is 18.4 Å². The number of hydrogen-bond donors (Lipinski definition) is 0. The molecule has 1 aromatic heterocycles. The summed E-state index contributed by atoms with van der Waals surface area (Å²) in [6.45, 7) is -0.0968. The lowest BCUT2D eigenvalue weighted by Gasteiger charge is -2.05. The van der Waals surface area contributed by atoms with E-state index in [-0.39, 0.29) is 30.9 Å². The molecule has 0 radical (unpaired) electrons. The van der Waals surface area contributed by atoms with Crippen LogP contribution in [0, 0.1) is 0 Å². The van der Waals surface area contributed by atoms with Gasteiger partial charge in [0.25, 0.3) is 0 Å². The molecule has 3 rings (SSSR count). The number of amides is 1. The minimum absolute atomic E-state index is 0.0101. The molecular formula is C22H24N2O6S2. The minimum atomic E-state index is -3.33. The van der Waals surface area contributed by atoms with Crippen molar-refractivity contribution in [3.05, 3.63) is 58.9 Å². The lowest BCUT2D eigenvalue weighted by atomic mass is 10.2. The Kier molecular flexibility index (Phi) is 7.81. The number of carbonyl (C=O) groups excluding carboxylic acids is 2. The molecule has 32 heavy (non-hydrogen) atoms. The third-order valence-corrected chi connectivity index (χ3v) is 7.43. The van der Waals surface area contributed by atoms with E-state index in [9.17, 15) is 18.0 Å². The van der Waals surface area contributed by atoms with Gasteiger partial charge >= 0.3 is 5.97 Å². The smallest absolute Gasteiger partial charge is 0.325 e. The molecule has 0 saturated carbocycles. The molecule has 1 amide bonds. The standard InChI is InChI=1S/C22H24N2O6S2/c1-29-17-10-11-18-19(13-17)31-22(24(18)14-21(26)30-2)23-20(25)9-6-12-32(27,28)15-16-7-4-3-5-8-16/h3-5,7-8,10-11,13H,6,9,12,14-15H2,1-2H3. The molecule has 10 heteroatoms. The highest BCUT2D eigenvalue weighted by molar-refractivity contribution is 7.90. The van der Waals surface area contributed by atoms with Crippen LogP contribution in [-0.2, 0) is 36.5 Å². The fourth-order valence-corrected chi connectivity index (χ4v) is 5.62.